The van der Waals surface area contributed by atoms with Crippen LogP contribution in [0.15, 0.2) is 60.9 Å². The van der Waals surface area contributed by atoms with E-state index in [0.29, 0.717) is 23.5 Å². The topological polar surface area (TPSA) is 77.8 Å². The zero-order chi connectivity index (χ0) is 19.8. The average molecular weight is 386 g/mol. The van der Waals surface area contributed by atoms with Crippen molar-refractivity contribution in [2.45, 2.75) is 13.5 Å². The lowest BCUT2D eigenvalue weighted by Crippen LogP contribution is -2.22. The van der Waals surface area contributed by atoms with E-state index < -0.39 is 0 Å². The van der Waals surface area contributed by atoms with E-state index in [4.69, 9.17) is 9.47 Å². The van der Waals surface area contributed by atoms with Gasteiger partial charge in [-0.05, 0) is 36.8 Å². The van der Waals surface area contributed by atoms with Gasteiger partial charge >= 0.3 is 0 Å². The maximum Gasteiger partial charge on any atom is 0.257 e. The minimum absolute atomic E-state index is 0.225. The molecule has 0 atom stereocenters. The number of ether oxygens (including phenoxy) is 2. The first kappa shape index (κ1) is 17.2. The Morgan fingerprint density at radius 3 is 2.93 bits per heavy atom. The van der Waals surface area contributed by atoms with E-state index in [1.54, 1.807) is 16.9 Å². The molecule has 0 fully saturated rings. The van der Waals surface area contributed by atoms with Crippen LogP contribution in [0.25, 0.3) is 16.9 Å². The van der Waals surface area contributed by atoms with Gasteiger partial charge in [-0.25, -0.2) is 9.50 Å². The first-order valence-electron chi connectivity index (χ1n) is 9.25. The molecule has 3 heterocycles. The SMILES string of the molecule is Cc1cccc(-c2ccnc3c(C(=O)NCc4ccc5c(c4)OCO5)cnn23)c1. The van der Waals surface area contributed by atoms with Gasteiger partial charge in [0.15, 0.2) is 17.1 Å². The zero-order valence-corrected chi connectivity index (χ0v) is 15.8. The van der Waals surface area contributed by atoms with Crippen molar-refractivity contribution in [1.29, 1.82) is 0 Å². The third-order valence-electron chi connectivity index (χ3n) is 4.85. The lowest BCUT2D eigenvalue weighted by molar-refractivity contribution is 0.0952. The van der Waals surface area contributed by atoms with Crippen LogP contribution in [0.4, 0.5) is 0 Å². The Morgan fingerprint density at radius 1 is 1.14 bits per heavy atom. The molecule has 1 amide bonds. The van der Waals surface area contributed by atoms with Gasteiger partial charge in [0.1, 0.15) is 5.56 Å². The van der Waals surface area contributed by atoms with Crippen LogP contribution in [0.2, 0.25) is 0 Å². The number of hydrogen-bond acceptors (Lipinski definition) is 5. The van der Waals surface area contributed by atoms with Gasteiger partial charge in [0, 0.05) is 18.3 Å². The lowest BCUT2D eigenvalue weighted by atomic mass is 10.1. The summed E-state index contributed by atoms with van der Waals surface area (Å²) in [6.07, 6.45) is 3.25. The number of carbonyl (C=O) groups excluding carboxylic acids is 1. The number of amides is 1. The number of aromatic nitrogens is 3. The van der Waals surface area contributed by atoms with E-state index in [9.17, 15) is 4.79 Å². The standard InChI is InChI=1S/C22H18N4O3/c1-14-3-2-4-16(9-14)18-7-8-23-21-17(12-25-26(18)21)22(27)24-11-15-5-6-19-20(10-15)29-13-28-19/h2-10,12H,11,13H2,1H3,(H,24,27). The van der Waals surface area contributed by atoms with Crippen LogP contribution in [0.1, 0.15) is 21.5 Å². The zero-order valence-electron chi connectivity index (χ0n) is 15.8. The molecule has 7 nitrogen and oxygen atoms in total. The van der Waals surface area contributed by atoms with Gasteiger partial charge in [-0.1, -0.05) is 29.8 Å². The summed E-state index contributed by atoms with van der Waals surface area (Å²) in [5.41, 5.74) is 4.93. The molecule has 0 bridgehead atoms. The van der Waals surface area contributed by atoms with E-state index in [0.717, 1.165) is 28.1 Å². The Labute approximate surface area is 166 Å². The summed E-state index contributed by atoms with van der Waals surface area (Å²) in [6, 6.07) is 15.6. The second kappa shape index (κ2) is 6.94. The fraction of sp³-hybridized carbons (Fsp3) is 0.136. The van der Waals surface area contributed by atoms with E-state index in [1.807, 2.05) is 49.4 Å². The second-order valence-electron chi connectivity index (χ2n) is 6.86. The first-order valence-corrected chi connectivity index (χ1v) is 9.25. The molecular formula is C22H18N4O3. The first-order chi connectivity index (χ1) is 14.2. The van der Waals surface area contributed by atoms with Crippen molar-refractivity contribution in [3.63, 3.8) is 0 Å². The highest BCUT2D eigenvalue weighted by Gasteiger charge is 2.17. The molecule has 0 saturated carbocycles. The van der Waals surface area contributed by atoms with Crippen LogP contribution in [0, 0.1) is 6.92 Å². The number of nitrogens with one attached hydrogen (secondary N) is 1. The van der Waals surface area contributed by atoms with Gasteiger partial charge in [0.2, 0.25) is 6.79 Å². The highest BCUT2D eigenvalue weighted by atomic mass is 16.7. The van der Waals surface area contributed by atoms with Crippen molar-refractivity contribution < 1.29 is 14.3 Å². The van der Waals surface area contributed by atoms with Gasteiger partial charge in [-0.3, -0.25) is 4.79 Å². The predicted molar refractivity (Wildman–Crippen MR) is 107 cm³/mol. The van der Waals surface area contributed by atoms with Crippen molar-refractivity contribution in [3.8, 4) is 22.8 Å². The van der Waals surface area contributed by atoms with Crippen LogP contribution in [0.3, 0.4) is 0 Å². The fourth-order valence-corrected chi connectivity index (χ4v) is 3.40. The van der Waals surface area contributed by atoms with Crippen LogP contribution in [-0.4, -0.2) is 27.3 Å². The molecule has 1 aliphatic heterocycles. The molecule has 29 heavy (non-hydrogen) atoms. The van der Waals surface area contributed by atoms with E-state index in [2.05, 4.69) is 21.5 Å². The minimum atomic E-state index is -0.230. The molecule has 144 valence electrons. The number of carbonyl (C=O) groups is 1. The number of aryl methyl sites for hydroxylation is 1. The summed E-state index contributed by atoms with van der Waals surface area (Å²) in [6.45, 7) is 2.63. The van der Waals surface area contributed by atoms with Gasteiger partial charge in [0.25, 0.3) is 5.91 Å². The van der Waals surface area contributed by atoms with Gasteiger partial charge in [-0.2, -0.15) is 5.10 Å². The van der Waals surface area contributed by atoms with Crippen molar-refractivity contribution in [2.75, 3.05) is 6.79 Å². The number of nitrogens with zero attached hydrogens (tertiary/aromatic N) is 3. The van der Waals surface area contributed by atoms with Crippen LogP contribution < -0.4 is 14.8 Å². The maximum atomic E-state index is 12.8. The molecule has 4 aromatic rings. The molecule has 1 aliphatic rings. The molecule has 0 radical (unpaired) electrons. The molecule has 0 spiro atoms. The third kappa shape index (κ3) is 3.16. The lowest BCUT2D eigenvalue weighted by Gasteiger charge is -2.07. The molecule has 0 saturated heterocycles. The molecular weight excluding hydrogens is 368 g/mol. The summed E-state index contributed by atoms with van der Waals surface area (Å²) < 4.78 is 12.4. The summed E-state index contributed by atoms with van der Waals surface area (Å²) in [5, 5.41) is 7.33. The summed E-state index contributed by atoms with van der Waals surface area (Å²) in [4.78, 5) is 17.1. The molecule has 1 N–H and O–H groups in total. The van der Waals surface area contributed by atoms with Crippen molar-refractivity contribution in [3.05, 3.63) is 77.6 Å². The van der Waals surface area contributed by atoms with Crippen LogP contribution in [-0.2, 0) is 6.54 Å². The summed E-state index contributed by atoms with van der Waals surface area (Å²) in [5.74, 6) is 1.18. The van der Waals surface area contributed by atoms with E-state index in [1.165, 1.54) is 0 Å². The predicted octanol–water partition coefficient (Wildman–Crippen LogP) is 3.36. The molecule has 0 aliphatic carbocycles. The van der Waals surface area contributed by atoms with Crippen LogP contribution >= 0.6 is 0 Å². The Bertz CT molecular complexity index is 1230. The Kier molecular flexibility index (Phi) is 4.13. The molecule has 7 heteroatoms. The van der Waals surface area contributed by atoms with Gasteiger partial charge in [-0.15, -0.1) is 0 Å². The number of benzene rings is 2. The Balaban J connectivity index is 1.40. The number of hydrogen-bond donors (Lipinski definition) is 1. The fourth-order valence-electron chi connectivity index (χ4n) is 3.40. The van der Waals surface area contributed by atoms with Gasteiger partial charge < -0.3 is 14.8 Å². The monoisotopic (exact) mass is 386 g/mol. The molecule has 5 rings (SSSR count). The minimum Gasteiger partial charge on any atom is -0.454 e. The summed E-state index contributed by atoms with van der Waals surface area (Å²) >= 11 is 0. The molecule has 2 aromatic heterocycles. The smallest absolute Gasteiger partial charge is 0.257 e. The quantitative estimate of drug-likeness (QED) is 0.582. The summed E-state index contributed by atoms with van der Waals surface area (Å²) in [7, 11) is 0. The molecule has 0 unspecified atom stereocenters. The highest BCUT2D eigenvalue weighted by molar-refractivity contribution is 5.99. The maximum absolute atomic E-state index is 12.8. The van der Waals surface area contributed by atoms with E-state index in [-0.39, 0.29) is 12.7 Å². The van der Waals surface area contributed by atoms with Crippen molar-refractivity contribution in [1.82, 2.24) is 19.9 Å². The Hall–Kier alpha value is -3.87. The normalized spacial score (nSPS) is 12.3. The second-order valence-corrected chi connectivity index (χ2v) is 6.86. The van der Waals surface area contributed by atoms with Crippen LogP contribution in [0.5, 0.6) is 11.5 Å². The highest BCUT2D eigenvalue weighted by Crippen LogP contribution is 2.32. The number of rotatable bonds is 4. The van der Waals surface area contributed by atoms with E-state index >= 15 is 0 Å². The number of fused-ring (bicyclic) bond motifs is 2. The third-order valence-corrected chi connectivity index (χ3v) is 4.85. The molecule has 2 aromatic carbocycles. The Morgan fingerprint density at radius 2 is 2.03 bits per heavy atom. The average Bonchev–Trinajstić information content (AvgIpc) is 3.38. The van der Waals surface area contributed by atoms with Crippen molar-refractivity contribution in [2.24, 2.45) is 0 Å². The van der Waals surface area contributed by atoms with Crippen molar-refractivity contribution >= 4 is 11.6 Å². The van der Waals surface area contributed by atoms with Gasteiger partial charge in [0.05, 0.1) is 11.9 Å². The largest absolute Gasteiger partial charge is 0.454 e.